The topological polar surface area (TPSA) is 64.8 Å². The summed E-state index contributed by atoms with van der Waals surface area (Å²) in [5.41, 5.74) is 6.55. The van der Waals surface area contributed by atoms with Crippen molar-refractivity contribution in [2.75, 3.05) is 13.2 Å². The van der Waals surface area contributed by atoms with Crippen molar-refractivity contribution in [2.24, 2.45) is 5.10 Å². The van der Waals surface area contributed by atoms with Gasteiger partial charge in [0.25, 0.3) is 5.91 Å². The van der Waals surface area contributed by atoms with E-state index >= 15 is 0 Å². The summed E-state index contributed by atoms with van der Waals surface area (Å²) < 4.78 is 14.8. The first-order valence-electron chi connectivity index (χ1n) is 9.71. The third kappa shape index (κ3) is 5.98. The molecule has 1 amide bonds. The molecule has 0 saturated heterocycles. The van der Waals surface area contributed by atoms with Crippen LogP contribution in [0.25, 0.3) is 5.69 Å². The van der Waals surface area contributed by atoms with Crippen molar-refractivity contribution in [3.63, 3.8) is 0 Å². The van der Waals surface area contributed by atoms with E-state index in [1.54, 1.807) is 12.3 Å². The summed E-state index contributed by atoms with van der Waals surface area (Å²) in [6.45, 7) is 6.51. The van der Waals surface area contributed by atoms with E-state index in [-0.39, 0.29) is 12.5 Å². The number of carbonyl (C=O) groups excluding carboxylic acids is 1. The third-order valence-corrected chi connectivity index (χ3v) is 5.63. The van der Waals surface area contributed by atoms with E-state index in [1.807, 2.05) is 63.2 Å². The number of halogens is 2. The van der Waals surface area contributed by atoms with Crippen molar-refractivity contribution in [2.45, 2.75) is 20.8 Å². The van der Waals surface area contributed by atoms with Gasteiger partial charge in [-0.25, -0.2) is 5.43 Å². The molecule has 0 aliphatic rings. The third-order valence-electron chi connectivity index (χ3n) is 4.52. The number of hydrogen-bond donors (Lipinski definition) is 1. The van der Waals surface area contributed by atoms with Gasteiger partial charge >= 0.3 is 0 Å². The van der Waals surface area contributed by atoms with Gasteiger partial charge in [-0.05, 0) is 85.2 Å². The molecule has 162 valence electrons. The van der Waals surface area contributed by atoms with Crippen LogP contribution < -0.4 is 14.9 Å². The average Bonchev–Trinajstić information content (AvgIpc) is 3.01. The Morgan fingerprint density at radius 3 is 2.52 bits per heavy atom. The fraction of sp³-hybridized carbons (Fsp3) is 0.217. The highest BCUT2D eigenvalue weighted by molar-refractivity contribution is 9.11. The van der Waals surface area contributed by atoms with Gasteiger partial charge in [0.15, 0.2) is 6.61 Å². The zero-order valence-electron chi connectivity index (χ0n) is 17.5. The minimum absolute atomic E-state index is 0.136. The average molecular weight is 549 g/mol. The number of carbonyl (C=O) groups is 1. The number of nitrogens with one attached hydrogen (secondary N) is 1. The molecular formula is C23H23Br2N3O3. The fourth-order valence-corrected chi connectivity index (χ4v) is 4.28. The first-order valence-corrected chi connectivity index (χ1v) is 11.3. The van der Waals surface area contributed by atoms with E-state index < -0.39 is 0 Å². The second-order valence-electron chi connectivity index (χ2n) is 6.75. The van der Waals surface area contributed by atoms with Gasteiger partial charge in [0, 0.05) is 27.1 Å². The summed E-state index contributed by atoms with van der Waals surface area (Å²) in [7, 11) is 0. The van der Waals surface area contributed by atoms with Gasteiger partial charge in [0.1, 0.15) is 11.5 Å². The van der Waals surface area contributed by atoms with Crippen molar-refractivity contribution in [3.8, 4) is 17.2 Å². The maximum absolute atomic E-state index is 12.1. The van der Waals surface area contributed by atoms with Gasteiger partial charge in [-0.2, -0.15) is 5.10 Å². The van der Waals surface area contributed by atoms with Crippen LogP contribution in [0.4, 0.5) is 0 Å². The highest BCUT2D eigenvalue weighted by Gasteiger charge is 2.10. The van der Waals surface area contributed by atoms with Gasteiger partial charge in [-0.15, -0.1) is 0 Å². The van der Waals surface area contributed by atoms with Gasteiger partial charge in [0.2, 0.25) is 0 Å². The summed E-state index contributed by atoms with van der Waals surface area (Å²) in [5.74, 6) is 1.09. The Morgan fingerprint density at radius 2 is 1.84 bits per heavy atom. The number of rotatable bonds is 8. The van der Waals surface area contributed by atoms with Crippen LogP contribution in [0.15, 0.2) is 62.6 Å². The first kappa shape index (κ1) is 23.1. The number of benzene rings is 2. The molecule has 2 aromatic carbocycles. The Balaban J connectivity index is 1.62. The summed E-state index contributed by atoms with van der Waals surface area (Å²) in [5, 5.41) is 4.08. The molecule has 8 heteroatoms. The molecular weight excluding hydrogens is 526 g/mol. The molecule has 0 radical (unpaired) electrons. The SMILES string of the molecule is CCOc1ccc(-n2c(C)cc(/C=N/NC(=O)COc3ccc(Br)cc3Br)c2C)cc1. The Labute approximate surface area is 198 Å². The van der Waals surface area contributed by atoms with E-state index in [2.05, 4.69) is 47.0 Å². The largest absolute Gasteiger partial charge is 0.494 e. The van der Waals surface area contributed by atoms with Gasteiger partial charge in [-0.1, -0.05) is 15.9 Å². The van der Waals surface area contributed by atoms with Gasteiger partial charge in [0.05, 0.1) is 17.3 Å². The Hall–Kier alpha value is -2.58. The number of aryl methyl sites for hydroxylation is 1. The van der Waals surface area contributed by atoms with Crippen molar-refractivity contribution in [1.82, 2.24) is 9.99 Å². The van der Waals surface area contributed by atoms with Crippen LogP contribution >= 0.6 is 31.9 Å². The highest BCUT2D eigenvalue weighted by Crippen LogP contribution is 2.28. The molecule has 3 rings (SSSR count). The minimum atomic E-state index is -0.341. The summed E-state index contributed by atoms with van der Waals surface area (Å²) in [6.07, 6.45) is 1.64. The number of nitrogens with zero attached hydrogens (tertiary/aromatic N) is 2. The molecule has 1 heterocycles. The van der Waals surface area contributed by atoms with Crippen LogP contribution in [0, 0.1) is 13.8 Å². The molecule has 0 aliphatic heterocycles. The molecule has 3 aromatic rings. The van der Waals surface area contributed by atoms with Crippen molar-refractivity contribution in [1.29, 1.82) is 0 Å². The Bertz CT molecular complexity index is 1090. The maximum Gasteiger partial charge on any atom is 0.277 e. The van der Waals surface area contributed by atoms with E-state index in [4.69, 9.17) is 9.47 Å². The van der Waals surface area contributed by atoms with Crippen LogP contribution in [-0.2, 0) is 4.79 Å². The number of ether oxygens (including phenoxy) is 2. The minimum Gasteiger partial charge on any atom is -0.494 e. The van der Waals surface area contributed by atoms with E-state index in [0.717, 1.165) is 37.3 Å². The lowest BCUT2D eigenvalue weighted by molar-refractivity contribution is -0.123. The van der Waals surface area contributed by atoms with Crippen LogP contribution in [0.5, 0.6) is 11.5 Å². The van der Waals surface area contributed by atoms with Crippen molar-refractivity contribution in [3.05, 3.63) is 74.4 Å². The lowest BCUT2D eigenvalue weighted by Gasteiger charge is -2.11. The molecule has 0 saturated carbocycles. The summed E-state index contributed by atoms with van der Waals surface area (Å²) in [4.78, 5) is 12.1. The lowest BCUT2D eigenvalue weighted by Crippen LogP contribution is -2.24. The Kier molecular flexibility index (Phi) is 7.92. The summed E-state index contributed by atoms with van der Waals surface area (Å²) in [6, 6.07) is 15.4. The standard InChI is InChI=1S/C23H23Br2N3O3/c1-4-30-20-8-6-19(7-9-20)28-15(2)11-17(16(28)3)13-26-27-23(29)14-31-22-10-5-18(24)12-21(22)25/h5-13H,4,14H2,1-3H3,(H,27,29)/b26-13+. The smallest absolute Gasteiger partial charge is 0.277 e. The molecule has 1 N–H and O–H groups in total. The molecule has 0 unspecified atom stereocenters. The number of aromatic nitrogens is 1. The van der Waals surface area contributed by atoms with Crippen molar-refractivity contribution < 1.29 is 14.3 Å². The van der Waals surface area contributed by atoms with E-state index in [1.165, 1.54) is 0 Å². The van der Waals surface area contributed by atoms with Crippen LogP contribution in [-0.4, -0.2) is 29.9 Å². The zero-order valence-corrected chi connectivity index (χ0v) is 20.7. The number of amides is 1. The van der Waals surface area contributed by atoms with Crippen LogP contribution in [0.1, 0.15) is 23.9 Å². The Morgan fingerprint density at radius 1 is 1.10 bits per heavy atom. The molecule has 0 atom stereocenters. The van der Waals surface area contributed by atoms with Gasteiger partial charge < -0.3 is 14.0 Å². The highest BCUT2D eigenvalue weighted by atomic mass is 79.9. The number of hydrogen-bond acceptors (Lipinski definition) is 4. The predicted molar refractivity (Wildman–Crippen MR) is 129 cm³/mol. The molecule has 0 aliphatic carbocycles. The number of hydrazone groups is 1. The monoisotopic (exact) mass is 547 g/mol. The first-order chi connectivity index (χ1) is 14.9. The quantitative estimate of drug-likeness (QED) is 0.296. The molecule has 31 heavy (non-hydrogen) atoms. The lowest BCUT2D eigenvalue weighted by atomic mass is 10.2. The van der Waals surface area contributed by atoms with Gasteiger partial charge in [-0.3, -0.25) is 4.79 Å². The van der Waals surface area contributed by atoms with Crippen LogP contribution in [0.2, 0.25) is 0 Å². The molecule has 0 fully saturated rings. The molecule has 0 spiro atoms. The maximum atomic E-state index is 12.1. The van der Waals surface area contributed by atoms with Crippen LogP contribution in [0.3, 0.4) is 0 Å². The molecule has 1 aromatic heterocycles. The zero-order chi connectivity index (χ0) is 22.4. The normalized spacial score (nSPS) is 11.0. The molecule has 6 nitrogen and oxygen atoms in total. The van der Waals surface area contributed by atoms with E-state index in [0.29, 0.717) is 12.4 Å². The van der Waals surface area contributed by atoms with Crippen molar-refractivity contribution >= 4 is 44.0 Å². The fourth-order valence-electron chi connectivity index (χ4n) is 3.12. The molecule has 0 bridgehead atoms. The second-order valence-corrected chi connectivity index (χ2v) is 8.52. The second kappa shape index (κ2) is 10.6. The predicted octanol–water partition coefficient (Wildman–Crippen LogP) is 5.55. The summed E-state index contributed by atoms with van der Waals surface area (Å²) >= 11 is 6.78. The van der Waals surface area contributed by atoms with E-state index in [9.17, 15) is 4.79 Å².